The molecule has 2 atom stereocenters. The SMILES string of the molecule is CCCCCCCC=CCCCCCCCCC1OCC(COP(=O)(O)O)O1.[K]. The van der Waals surface area contributed by atoms with Gasteiger partial charge in [-0.05, 0) is 38.5 Å². The van der Waals surface area contributed by atoms with E-state index in [1.165, 1.54) is 77.0 Å². The third-order valence-electron chi connectivity index (χ3n) is 4.94. The van der Waals surface area contributed by atoms with Gasteiger partial charge in [-0.25, -0.2) is 4.57 Å². The Morgan fingerprint density at radius 2 is 1.48 bits per heavy atom. The Kier molecular flexibility index (Phi) is 21.0. The number of rotatable bonds is 18. The first-order chi connectivity index (χ1) is 13.5. The van der Waals surface area contributed by atoms with Crippen LogP contribution in [-0.4, -0.2) is 86.8 Å². The Balaban J connectivity index is 0.00000784. The number of phosphoric ester groups is 1. The zero-order valence-corrected chi connectivity index (χ0v) is 22.6. The monoisotopic (exact) mass is 459 g/mol. The average Bonchev–Trinajstić information content (AvgIpc) is 3.10. The van der Waals surface area contributed by atoms with E-state index in [4.69, 9.17) is 19.3 Å². The first-order valence-electron chi connectivity index (χ1n) is 11.1. The molecule has 8 heteroatoms. The van der Waals surface area contributed by atoms with E-state index in [1.54, 1.807) is 0 Å². The molecule has 0 spiro atoms. The van der Waals surface area contributed by atoms with Gasteiger partial charge in [0.15, 0.2) is 6.29 Å². The van der Waals surface area contributed by atoms with Crippen molar-refractivity contribution in [1.29, 1.82) is 0 Å². The van der Waals surface area contributed by atoms with Crippen molar-refractivity contribution in [3.63, 3.8) is 0 Å². The molecular weight excluding hydrogens is 418 g/mol. The van der Waals surface area contributed by atoms with Crippen LogP contribution in [0.1, 0.15) is 96.8 Å². The van der Waals surface area contributed by atoms with Crippen molar-refractivity contribution in [3.8, 4) is 0 Å². The summed E-state index contributed by atoms with van der Waals surface area (Å²) in [5.74, 6) is 0. The fourth-order valence-corrected chi connectivity index (χ4v) is 3.67. The largest absolute Gasteiger partial charge is 0.469 e. The Morgan fingerprint density at radius 3 is 2.07 bits per heavy atom. The number of phosphoric acid groups is 1. The van der Waals surface area contributed by atoms with Crippen molar-refractivity contribution in [2.75, 3.05) is 13.2 Å². The van der Waals surface area contributed by atoms with Crippen molar-refractivity contribution >= 4 is 59.2 Å². The number of hydrogen-bond acceptors (Lipinski definition) is 4. The molecule has 167 valence electrons. The first kappa shape index (κ1) is 30.4. The van der Waals surface area contributed by atoms with Crippen LogP contribution in [0.25, 0.3) is 0 Å². The molecule has 1 rings (SSSR count). The second-order valence-electron chi connectivity index (χ2n) is 7.68. The van der Waals surface area contributed by atoms with Gasteiger partial charge in [-0.1, -0.05) is 70.4 Å². The third kappa shape index (κ3) is 19.8. The molecule has 0 aromatic heterocycles. The smallest absolute Gasteiger partial charge is 0.350 e. The van der Waals surface area contributed by atoms with Gasteiger partial charge in [-0.3, -0.25) is 4.52 Å². The second kappa shape index (κ2) is 20.0. The summed E-state index contributed by atoms with van der Waals surface area (Å²) in [6, 6.07) is 0. The Bertz CT molecular complexity index is 443. The second-order valence-corrected chi connectivity index (χ2v) is 8.92. The van der Waals surface area contributed by atoms with E-state index in [0.29, 0.717) is 6.61 Å². The normalized spacial score (nSPS) is 19.7. The first-order valence-corrected chi connectivity index (χ1v) is 12.7. The molecule has 6 nitrogen and oxygen atoms in total. The third-order valence-corrected chi connectivity index (χ3v) is 5.43. The zero-order valence-electron chi connectivity index (χ0n) is 18.6. The zero-order chi connectivity index (χ0) is 20.5. The molecule has 29 heavy (non-hydrogen) atoms. The van der Waals surface area contributed by atoms with Gasteiger partial charge in [0, 0.05) is 51.4 Å². The fraction of sp³-hybridized carbons (Fsp3) is 0.905. The molecule has 1 heterocycles. The maximum atomic E-state index is 10.7. The molecule has 2 N–H and O–H groups in total. The summed E-state index contributed by atoms with van der Waals surface area (Å²) in [7, 11) is -4.43. The van der Waals surface area contributed by atoms with Crippen LogP contribution in [-0.2, 0) is 18.6 Å². The minimum absolute atomic E-state index is 0. The molecule has 0 aliphatic carbocycles. The van der Waals surface area contributed by atoms with Gasteiger partial charge >= 0.3 is 7.82 Å². The van der Waals surface area contributed by atoms with E-state index in [1.807, 2.05) is 0 Å². The standard InChI is InChI=1S/C21H41O6P.K/c1-2-3-4-5-6-7-8-9-10-11-12-13-14-15-16-17-21-25-18-20(27-21)19-26-28(22,23)24;/h8-9,20-21H,2-7,10-19H2,1H3,(H2,22,23,24);. The maximum Gasteiger partial charge on any atom is 0.469 e. The molecule has 0 aromatic rings. The van der Waals surface area contributed by atoms with Crippen LogP contribution in [0.4, 0.5) is 0 Å². The van der Waals surface area contributed by atoms with E-state index >= 15 is 0 Å². The molecule has 1 aliphatic rings. The van der Waals surface area contributed by atoms with Gasteiger partial charge in [-0.2, -0.15) is 0 Å². The number of hydrogen-bond donors (Lipinski definition) is 2. The molecule has 1 fully saturated rings. The topological polar surface area (TPSA) is 85.2 Å². The summed E-state index contributed by atoms with van der Waals surface area (Å²) in [6.07, 6.45) is 21.4. The van der Waals surface area contributed by atoms with Crippen LogP contribution in [0.15, 0.2) is 12.2 Å². The molecule has 0 aromatic carbocycles. The van der Waals surface area contributed by atoms with Crippen LogP contribution >= 0.6 is 7.82 Å². The Hall–Kier alpha value is 1.41. The van der Waals surface area contributed by atoms with Crippen molar-refractivity contribution in [2.45, 2.75) is 109 Å². The predicted molar refractivity (Wildman–Crippen MR) is 118 cm³/mol. The molecular formula is C21H41KO6P. The van der Waals surface area contributed by atoms with Gasteiger partial charge in [0.2, 0.25) is 0 Å². The molecule has 2 unspecified atom stereocenters. The predicted octanol–water partition coefficient (Wildman–Crippen LogP) is 5.49. The van der Waals surface area contributed by atoms with Crippen molar-refractivity contribution in [1.82, 2.24) is 0 Å². The van der Waals surface area contributed by atoms with Gasteiger partial charge < -0.3 is 19.3 Å². The Labute approximate surface area is 220 Å². The van der Waals surface area contributed by atoms with Crippen LogP contribution in [0, 0.1) is 0 Å². The number of allylic oxidation sites excluding steroid dienone is 2. The maximum absolute atomic E-state index is 10.7. The van der Waals surface area contributed by atoms with Crippen molar-refractivity contribution in [3.05, 3.63) is 12.2 Å². The van der Waals surface area contributed by atoms with Crippen LogP contribution in [0.5, 0.6) is 0 Å². The van der Waals surface area contributed by atoms with E-state index in [-0.39, 0.29) is 70.4 Å². The van der Waals surface area contributed by atoms with Gasteiger partial charge in [0.25, 0.3) is 0 Å². The summed E-state index contributed by atoms with van der Waals surface area (Å²) >= 11 is 0. The van der Waals surface area contributed by atoms with Crippen LogP contribution in [0.2, 0.25) is 0 Å². The van der Waals surface area contributed by atoms with E-state index in [0.717, 1.165) is 12.8 Å². The molecule has 0 saturated carbocycles. The summed E-state index contributed by atoms with van der Waals surface area (Å²) < 4.78 is 26.2. The molecule has 1 saturated heterocycles. The average molecular weight is 460 g/mol. The Morgan fingerprint density at radius 1 is 0.931 bits per heavy atom. The quantitative estimate of drug-likeness (QED) is 0.122. The summed E-state index contributed by atoms with van der Waals surface area (Å²) in [5, 5.41) is 0. The van der Waals surface area contributed by atoms with E-state index in [2.05, 4.69) is 23.6 Å². The molecule has 0 amide bonds. The van der Waals surface area contributed by atoms with Gasteiger partial charge in [-0.15, -0.1) is 0 Å². The summed E-state index contributed by atoms with van der Waals surface area (Å²) in [5.41, 5.74) is 0. The van der Waals surface area contributed by atoms with Crippen LogP contribution in [0.3, 0.4) is 0 Å². The van der Waals surface area contributed by atoms with Crippen molar-refractivity contribution < 1.29 is 28.3 Å². The summed E-state index contributed by atoms with van der Waals surface area (Å²) in [6.45, 7) is 2.45. The minimum atomic E-state index is -4.43. The van der Waals surface area contributed by atoms with E-state index in [9.17, 15) is 4.57 Å². The van der Waals surface area contributed by atoms with Gasteiger partial charge in [0.1, 0.15) is 6.10 Å². The van der Waals surface area contributed by atoms with Crippen LogP contribution < -0.4 is 0 Å². The minimum Gasteiger partial charge on any atom is -0.350 e. The van der Waals surface area contributed by atoms with Gasteiger partial charge in [0.05, 0.1) is 13.2 Å². The number of ether oxygens (including phenoxy) is 2. The molecule has 1 radical (unpaired) electrons. The molecule has 0 bridgehead atoms. The van der Waals surface area contributed by atoms with Crippen molar-refractivity contribution in [2.24, 2.45) is 0 Å². The summed E-state index contributed by atoms with van der Waals surface area (Å²) in [4.78, 5) is 17.4. The number of unbranched alkanes of at least 4 members (excludes halogenated alkanes) is 11. The fourth-order valence-electron chi connectivity index (χ4n) is 3.31. The van der Waals surface area contributed by atoms with E-state index < -0.39 is 7.82 Å². The molecule has 1 aliphatic heterocycles.